The number of hydrogen-bond donors (Lipinski definition) is 3. The minimum atomic E-state index is -0.121. The number of pyridine rings is 1. The summed E-state index contributed by atoms with van der Waals surface area (Å²) in [5, 5.41) is 20.4. The highest BCUT2D eigenvalue weighted by Crippen LogP contribution is 2.33. The van der Waals surface area contributed by atoms with Crippen molar-refractivity contribution < 1.29 is 5.11 Å². The van der Waals surface area contributed by atoms with Crippen molar-refractivity contribution in [2.45, 2.75) is 6.54 Å². The fourth-order valence-corrected chi connectivity index (χ4v) is 3.80. The number of aryl methyl sites for hydroxylation is 1. The zero-order chi connectivity index (χ0) is 21.4. The van der Waals surface area contributed by atoms with Crippen molar-refractivity contribution in [3.63, 3.8) is 0 Å². The monoisotopic (exact) mass is 418 g/mol. The molecule has 10 heteroatoms. The number of aliphatic hydroxyl groups excluding tert-OH is 1. The molecule has 0 fully saturated rings. The summed E-state index contributed by atoms with van der Waals surface area (Å²) < 4.78 is 3.17. The Labute approximate surface area is 177 Å². The number of nitrogens with zero attached hydrogens (tertiary/aromatic N) is 6. The van der Waals surface area contributed by atoms with Crippen LogP contribution in [0.2, 0.25) is 0 Å². The maximum absolute atomic E-state index is 13.2. The first-order valence-corrected chi connectivity index (χ1v) is 10.0. The third-order valence-corrected chi connectivity index (χ3v) is 5.28. The van der Waals surface area contributed by atoms with Crippen LogP contribution in [0.5, 0.6) is 0 Å². The largest absolute Gasteiger partial charge is 0.394 e. The number of aromatic nitrogens is 5. The first kappa shape index (κ1) is 19.1. The predicted octanol–water partition coefficient (Wildman–Crippen LogP) is 1.82. The summed E-state index contributed by atoms with van der Waals surface area (Å²) in [6.07, 6.45) is 5.10. The van der Waals surface area contributed by atoms with E-state index >= 15 is 0 Å². The molecule has 5 rings (SSSR count). The number of aliphatic hydroxyl groups is 1. The number of rotatable bonds is 5. The van der Waals surface area contributed by atoms with Gasteiger partial charge in [0, 0.05) is 37.9 Å². The topological polar surface area (TPSA) is 113 Å². The van der Waals surface area contributed by atoms with Gasteiger partial charge in [-0.2, -0.15) is 10.1 Å². The van der Waals surface area contributed by atoms with E-state index in [9.17, 15) is 4.79 Å². The predicted molar refractivity (Wildman–Crippen MR) is 119 cm³/mol. The van der Waals surface area contributed by atoms with Gasteiger partial charge in [-0.05, 0) is 18.2 Å². The van der Waals surface area contributed by atoms with Crippen LogP contribution in [-0.4, -0.2) is 49.1 Å². The van der Waals surface area contributed by atoms with Crippen molar-refractivity contribution in [3.8, 4) is 0 Å². The summed E-state index contributed by atoms with van der Waals surface area (Å²) >= 11 is 0. The molecule has 0 atom stereocenters. The van der Waals surface area contributed by atoms with Gasteiger partial charge in [-0.1, -0.05) is 12.1 Å². The van der Waals surface area contributed by atoms with Gasteiger partial charge in [0.25, 0.3) is 5.56 Å². The smallest absolute Gasteiger partial charge is 0.275 e. The fraction of sp³-hybridized carbons (Fsp3) is 0.238. The Kier molecular flexibility index (Phi) is 4.75. The van der Waals surface area contributed by atoms with Crippen LogP contribution in [-0.2, 0) is 13.6 Å². The Balaban J connectivity index is 1.52. The molecule has 1 aromatic carbocycles. The van der Waals surface area contributed by atoms with E-state index in [2.05, 4.69) is 25.7 Å². The molecule has 1 aliphatic heterocycles. The highest BCUT2D eigenvalue weighted by Gasteiger charge is 2.21. The molecule has 3 aromatic heterocycles. The number of benzene rings is 1. The van der Waals surface area contributed by atoms with Gasteiger partial charge in [0.05, 0.1) is 36.4 Å². The summed E-state index contributed by atoms with van der Waals surface area (Å²) in [6, 6.07) is 9.81. The maximum atomic E-state index is 13.2. The lowest BCUT2D eigenvalue weighted by molar-refractivity contribution is 0.269. The number of nitrogens with one attached hydrogen (secondary N) is 2. The first-order valence-electron chi connectivity index (χ1n) is 10.0. The Morgan fingerprint density at radius 3 is 2.97 bits per heavy atom. The van der Waals surface area contributed by atoms with E-state index in [0.717, 1.165) is 23.3 Å². The van der Waals surface area contributed by atoms with Crippen molar-refractivity contribution in [1.29, 1.82) is 0 Å². The SMILES string of the molecule is Cn1c(=O)c(N2CCNc3ccccc32)cc2cnc(Nc3cnn(CCO)c3)nc21. The van der Waals surface area contributed by atoms with Crippen molar-refractivity contribution in [1.82, 2.24) is 24.3 Å². The maximum Gasteiger partial charge on any atom is 0.275 e. The van der Waals surface area contributed by atoms with Crippen LogP contribution in [0, 0.1) is 0 Å². The molecule has 0 bridgehead atoms. The van der Waals surface area contributed by atoms with Crippen LogP contribution in [0.25, 0.3) is 11.0 Å². The molecule has 158 valence electrons. The third-order valence-electron chi connectivity index (χ3n) is 5.28. The van der Waals surface area contributed by atoms with Gasteiger partial charge in [-0.15, -0.1) is 0 Å². The summed E-state index contributed by atoms with van der Waals surface area (Å²) in [6.45, 7) is 1.86. The van der Waals surface area contributed by atoms with Gasteiger partial charge >= 0.3 is 0 Å². The lowest BCUT2D eigenvalue weighted by atomic mass is 10.1. The highest BCUT2D eigenvalue weighted by atomic mass is 16.3. The summed E-state index contributed by atoms with van der Waals surface area (Å²) in [4.78, 5) is 24.2. The highest BCUT2D eigenvalue weighted by molar-refractivity contribution is 5.84. The summed E-state index contributed by atoms with van der Waals surface area (Å²) in [5.41, 5.74) is 3.70. The molecule has 0 saturated heterocycles. The Hall–Kier alpha value is -3.92. The minimum Gasteiger partial charge on any atom is -0.394 e. The van der Waals surface area contributed by atoms with Gasteiger partial charge < -0.3 is 20.6 Å². The second kappa shape index (κ2) is 7.73. The van der Waals surface area contributed by atoms with Gasteiger partial charge in [0.15, 0.2) is 0 Å². The molecule has 3 N–H and O–H groups in total. The van der Waals surface area contributed by atoms with E-state index in [1.165, 1.54) is 0 Å². The van der Waals surface area contributed by atoms with Gasteiger partial charge in [0.1, 0.15) is 11.3 Å². The summed E-state index contributed by atoms with van der Waals surface area (Å²) in [5.74, 6) is 0.367. The molecule has 0 amide bonds. The first-order chi connectivity index (χ1) is 15.1. The van der Waals surface area contributed by atoms with Crippen LogP contribution in [0.15, 0.2) is 53.7 Å². The molecular formula is C21H22N8O2. The third kappa shape index (κ3) is 3.46. The Morgan fingerprint density at radius 1 is 1.23 bits per heavy atom. The Bertz CT molecular complexity index is 1310. The van der Waals surface area contributed by atoms with Crippen LogP contribution in [0.4, 0.5) is 28.7 Å². The van der Waals surface area contributed by atoms with Crippen LogP contribution >= 0.6 is 0 Å². The average Bonchev–Trinajstić information content (AvgIpc) is 3.23. The standard InChI is InChI=1S/C21H22N8O2/c1-27-19-14(11-23-21(26-19)25-15-12-24-28(13-15)8-9-30)10-18(20(27)31)29-7-6-22-16-4-2-3-5-17(16)29/h2-5,10-13,22,30H,6-9H2,1H3,(H,23,25,26). The quantitative estimate of drug-likeness (QED) is 0.450. The second-order valence-corrected chi connectivity index (χ2v) is 7.30. The van der Waals surface area contributed by atoms with E-state index in [1.807, 2.05) is 35.2 Å². The molecule has 4 aromatic rings. The fourth-order valence-electron chi connectivity index (χ4n) is 3.80. The number of para-hydroxylation sites is 2. The molecule has 0 unspecified atom stereocenters. The van der Waals surface area contributed by atoms with Crippen LogP contribution < -0.4 is 21.1 Å². The van der Waals surface area contributed by atoms with E-state index in [4.69, 9.17) is 5.11 Å². The molecular weight excluding hydrogens is 396 g/mol. The Morgan fingerprint density at radius 2 is 2.10 bits per heavy atom. The molecule has 31 heavy (non-hydrogen) atoms. The lowest BCUT2D eigenvalue weighted by Gasteiger charge is -2.31. The van der Waals surface area contributed by atoms with E-state index in [-0.39, 0.29) is 12.2 Å². The average molecular weight is 418 g/mol. The normalized spacial score (nSPS) is 13.2. The van der Waals surface area contributed by atoms with Gasteiger partial charge in [-0.3, -0.25) is 14.0 Å². The summed E-state index contributed by atoms with van der Waals surface area (Å²) in [7, 11) is 1.72. The van der Waals surface area contributed by atoms with Crippen molar-refractivity contribution in [2.75, 3.05) is 35.2 Å². The molecule has 4 heterocycles. The zero-order valence-electron chi connectivity index (χ0n) is 17.0. The van der Waals surface area contributed by atoms with Crippen LogP contribution in [0.1, 0.15) is 0 Å². The van der Waals surface area contributed by atoms with E-state index in [0.29, 0.717) is 36.1 Å². The number of fused-ring (bicyclic) bond motifs is 2. The molecule has 0 saturated carbocycles. The van der Waals surface area contributed by atoms with Gasteiger partial charge in [0.2, 0.25) is 5.95 Å². The zero-order valence-corrected chi connectivity index (χ0v) is 17.0. The molecule has 0 radical (unpaired) electrons. The second-order valence-electron chi connectivity index (χ2n) is 7.30. The molecule has 0 spiro atoms. The lowest BCUT2D eigenvalue weighted by Crippen LogP contribution is -2.35. The van der Waals surface area contributed by atoms with Gasteiger partial charge in [-0.25, -0.2) is 4.98 Å². The van der Waals surface area contributed by atoms with Crippen molar-refractivity contribution in [3.05, 3.63) is 59.3 Å². The van der Waals surface area contributed by atoms with E-state index < -0.39 is 0 Å². The number of hydrogen-bond acceptors (Lipinski definition) is 8. The molecule has 1 aliphatic rings. The van der Waals surface area contributed by atoms with Crippen molar-refractivity contribution >= 4 is 39.7 Å². The van der Waals surface area contributed by atoms with Crippen molar-refractivity contribution in [2.24, 2.45) is 7.05 Å². The minimum absolute atomic E-state index is 0.00952. The van der Waals surface area contributed by atoms with Crippen LogP contribution in [0.3, 0.4) is 0 Å². The van der Waals surface area contributed by atoms with E-state index in [1.54, 1.807) is 34.9 Å². The molecule has 0 aliphatic carbocycles. The molecule has 10 nitrogen and oxygen atoms in total. The number of anilines is 5.